The van der Waals surface area contributed by atoms with E-state index < -0.39 is 5.60 Å². The predicted octanol–water partition coefficient (Wildman–Crippen LogP) is 6.02. The molecule has 0 aliphatic heterocycles. The smallest absolute Gasteiger partial charge is 0.119 e. The third kappa shape index (κ3) is 4.45. The van der Waals surface area contributed by atoms with Crippen LogP contribution in [0.2, 0.25) is 0 Å². The SMILES string of the molecule is CC.CC.CC(C)(C)C(O)(c1ccccc1)c1ccccc1. The Kier molecular flexibility index (Phi) is 8.74. The van der Waals surface area contributed by atoms with E-state index in [0.29, 0.717) is 0 Å². The number of rotatable bonds is 2. The molecule has 1 nitrogen and oxygen atoms in total. The zero-order valence-electron chi connectivity index (χ0n) is 15.2. The van der Waals surface area contributed by atoms with E-state index in [9.17, 15) is 5.11 Å². The van der Waals surface area contributed by atoms with Gasteiger partial charge in [0.2, 0.25) is 0 Å². The summed E-state index contributed by atoms with van der Waals surface area (Å²) in [6.07, 6.45) is 0. The molecular weight excluding hydrogens is 268 g/mol. The van der Waals surface area contributed by atoms with Crippen molar-refractivity contribution in [2.24, 2.45) is 5.41 Å². The first-order valence-electron chi connectivity index (χ1n) is 8.29. The molecule has 1 heteroatoms. The fourth-order valence-electron chi connectivity index (χ4n) is 2.39. The number of benzene rings is 2. The van der Waals surface area contributed by atoms with Gasteiger partial charge in [0.15, 0.2) is 0 Å². The van der Waals surface area contributed by atoms with Crippen LogP contribution in [-0.2, 0) is 5.60 Å². The molecule has 0 radical (unpaired) electrons. The average Bonchev–Trinajstić information content (AvgIpc) is 2.58. The normalized spacial score (nSPS) is 10.7. The molecule has 0 fully saturated rings. The summed E-state index contributed by atoms with van der Waals surface area (Å²) in [7, 11) is 0. The highest BCUT2D eigenvalue weighted by Gasteiger charge is 2.42. The van der Waals surface area contributed by atoms with Crippen molar-refractivity contribution >= 4 is 0 Å². The molecule has 0 unspecified atom stereocenters. The van der Waals surface area contributed by atoms with E-state index in [4.69, 9.17) is 0 Å². The third-order valence-corrected chi connectivity index (χ3v) is 3.47. The van der Waals surface area contributed by atoms with Crippen LogP contribution in [0, 0.1) is 5.41 Å². The van der Waals surface area contributed by atoms with Crippen LogP contribution in [0.1, 0.15) is 59.6 Å². The van der Waals surface area contributed by atoms with Crippen molar-refractivity contribution in [1.29, 1.82) is 0 Å². The second kappa shape index (κ2) is 9.42. The number of hydrogen-bond donors (Lipinski definition) is 1. The zero-order valence-corrected chi connectivity index (χ0v) is 15.2. The fourth-order valence-corrected chi connectivity index (χ4v) is 2.39. The van der Waals surface area contributed by atoms with E-state index in [1.165, 1.54) is 0 Å². The first-order chi connectivity index (χ1) is 10.5. The van der Waals surface area contributed by atoms with Crippen LogP contribution in [0.4, 0.5) is 0 Å². The molecule has 0 atom stereocenters. The van der Waals surface area contributed by atoms with Gasteiger partial charge in [-0.2, -0.15) is 0 Å². The van der Waals surface area contributed by atoms with E-state index in [2.05, 4.69) is 20.8 Å². The van der Waals surface area contributed by atoms with Gasteiger partial charge in [-0.3, -0.25) is 0 Å². The summed E-state index contributed by atoms with van der Waals surface area (Å²) >= 11 is 0. The van der Waals surface area contributed by atoms with Crippen molar-refractivity contribution in [2.45, 2.75) is 54.1 Å². The maximum Gasteiger partial charge on any atom is 0.119 e. The first-order valence-corrected chi connectivity index (χ1v) is 8.29. The molecule has 0 saturated carbocycles. The second-order valence-corrected chi connectivity index (χ2v) is 5.69. The van der Waals surface area contributed by atoms with Gasteiger partial charge in [-0.05, 0) is 16.5 Å². The highest BCUT2D eigenvalue weighted by Crippen LogP contribution is 2.44. The Hall–Kier alpha value is -1.60. The van der Waals surface area contributed by atoms with Crippen LogP contribution in [0.3, 0.4) is 0 Å². The third-order valence-electron chi connectivity index (χ3n) is 3.47. The summed E-state index contributed by atoms with van der Waals surface area (Å²) in [5, 5.41) is 11.3. The van der Waals surface area contributed by atoms with Crippen LogP contribution >= 0.6 is 0 Å². The molecule has 2 aromatic rings. The second-order valence-electron chi connectivity index (χ2n) is 5.69. The van der Waals surface area contributed by atoms with Crippen molar-refractivity contribution in [2.75, 3.05) is 0 Å². The van der Waals surface area contributed by atoms with Crippen molar-refractivity contribution in [3.8, 4) is 0 Å². The molecule has 22 heavy (non-hydrogen) atoms. The van der Waals surface area contributed by atoms with Gasteiger partial charge in [-0.1, -0.05) is 109 Å². The van der Waals surface area contributed by atoms with Gasteiger partial charge in [0.1, 0.15) is 5.60 Å². The van der Waals surface area contributed by atoms with Crippen molar-refractivity contribution in [1.82, 2.24) is 0 Å². The van der Waals surface area contributed by atoms with Crippen LogP contribution in [0.15, 0.2) is 60.7 Å². The van der Waals surface area contributed by atoms with Gasteiger partial charge in [-0.25, -0.2) is 0 Å². The molecule has 0 spiro atoms. The minimum absolute atomic E-state index is 0.282. The Bertz CT molecular complexity index is 455. The van der Waals surface area contributed by atoms with E-state index in [-0.39, 0.29) is 5.41 Å². The molecule has 0 aliphatic carbocycles. The molecule has 0 aliphatic rings. The van der Waals surface area contributed by atoms with Gasteiger partial charge in [0, 0.05) is 0 Å². The molecule has 0 aromatic heterocycles. The Morgan fingerprint density at radius 1 is 0.591 bits per heavy atom. The van der Waals surface area contributed by atoms with E-state index in [1.54, 1.807) is 0 Å². The minimum atomic E-state index is -0.977. The van der Waals surface area contributed by atoms with Crippen molar-refractivity contribution in [3.05, 3.63) is 71.8 Å². The highest BCUT2D eigenvalue weighted by molar-refractivity contribution is 5.38. The van der Waals surface area contributed by atoms with Gasteiger partial charge >= 0.3 is 0 Å². The molecular formula is C21H32O. The van der Waals surface area contributed by atoms with Gasteiger partial charge in [0.25, 0.3) is 0 Å². The molecule has 0 heterocycles. The fraction of sp³-hybridized carbons (Fsp3) is 0.429. The van der Waals surface area contributed by atoms with Crippen LogP contribution in [0.25, 0.3) is 0 Å². The lowest BCUT2D eigenvalue weighted by molar-refractivity contribution is -0.0259. The first kappa shape index (κ1) is 20.4. The Balaban J connectivity index is 0.00000102. The largest absolute Gasteiger partial charge is 0.380 e. The van der Waals surface area contributed by atoms with Crippen LogP contribution in [-0.4, -0.2) is 5.11 Å². The number of hydrogen-bond acceptors (Lipinski definition) is 1. The van der Waals surface area contributed by atoms with Crippen molar-refractivity contribution in [3.63, 3.8) is 0 Å². The molecule has 2 aromatic carbocycles. The maximum absolute atomic E-state index is 11.3. The summed E-state index contributed by atoms with van der Waals surface area (Å²) in [5.41, 5.74) is 0.609. The molecule has 0 saturated heterocycles. The summed E-state index contributed by atoms with van der Waals surface area (Å²) in [4.78, 5) is 0. The summed E-state index contributed by atoms with van der Waals surface area (Å²) in [5.74, 6) is 0. The number of aliphatic hydroxyl groups is 1. The molecule has 1 N–H and O–H groups in total. The zero-order chi connectivity index (χ0) is 17.2. The standard InChI is InChI=1S/C17H20O.2C2H6/c1-16(2,3)17(18,14-10-6-4-7-11-14)15-12-8-5-9-13-15;2*1-2/h4-13,18H,1-3H3;2*1-2H3. The van der Waals surface area contributed by atoms with E-state index in [1.807, 2.05) is 88.4 Å². The van der Waals surface area contributed by atoms with Crippen molar-refractivity contribution < 1.29 is 5.11 Å². The summed E-state index contributed by atoms with van der Waals surface area (Å²) < 4.78 is 0. The summed E-state index contributed by atoms with van der Waals surface area (Å²) in [6, 6.07) is 19.7. The molecule has 2 rings (SSSR count). The monoisotopic (exact) mass is 300 g/mol. The topological polar surface area (TPSA) is 20.2 Å². The van der Waals surface area contributed by atoms with Gasteiger partial charge < -0.3 is 5.11 Å². The lowest BCUT2D eigenvalue weighted by Gasteiger charge is -2.41. The van der Waals surface area contributed by atoms with Crippen LogP contribution < -0.4 is 0 Å². The lowest BCUT2D eigenvalue weighted by Crippen LogP contribution is -2.41. The van der Waals surface area contributed by atoms with Gasteiger partial charge in [-0.15, -0.1) is 0 Å². The van der Waals surface area contributed by atoms with Crippen LogP contribution in [0.5, 0.6) is 0 Å². The Morgan fingerprint density at radius 3 is 1.09 bits per heavy atom. The quantitative estimate of drug-likeness (QED) is 0.719. The van der Waals surface area contributed by atoms with E-state index in [0.717, 1.165) is 11.1 Å². The maximum atomic E-state index is 11.3. The average molecular weight is 300 g/mol. The minimum Gasteiger partial charge on any atom is -0.380 e. The Labute approximate surface area is 137 Å². The van der Waals surface area contributed by atoms with E-state index >= 15 is 0 Å². The molecule has 0 bridgehead atoms. The highest BCUT2D eigenvalue weighted by atomic mass is 16.3. The molecule has 122 valence electrons. The molecule has 0 amide bonds. The summed E-state index contributed by atoms with van der Waals surface area (Å²) in [6.45, 7) is 14.2. The Morgan fingerprint density at radius 2 is 0.864 bits per heavy atom. The lowest BCUT2D eigenvalue weighted by atomic mass is 9.68. The van der Waals surface area contributed by atoms with Gasteiger partial charge in [0.05, 0.1) is 0 Å². The predicted molar refractivity (Wildman–Crippen MR) is 98.0 cm³/mol.